The van der Waals surface area contributed by atoms with E-state index in [-0.39, 0.29) is 0 Å². The van der Waals surface area contributed by atoms with Crippen LogP contribution in [0.1, 0.15) is 33.3 Å². The highest BCUT2D eigenvalue weighted by Gasteiger charge is 2.18. The lowest BCUT2D eigenvalue weighted by Crippen LogP contribution is -2.39. The van der Waals surface area contributed by atoms with Crippen LogP contribution < -0.4 is 5.73 Å². The zero-order chi connectivity index (χ0) is 13.5. The van der Waals surface area contributed by atoms with Gasteiger partial charge in [-0.05, 0) is 37.8 Å². The SMILES string of the molecule is CC(C)C(CN)CN(Cc1ccccc1)C(C)C. The molecule has 102 valence electrons. The molecule has 1 rings (SSSR count). The summed E-state index contributed by atoms with van der Waals surface area (Å²) in [6, 6.07) is 11.2. The van der Waals surface area contributed by atoms with Crippen LogP contribution in [-0.2, 0) is 6.54 Å². The Balaban J connectivity index is 2.66. The molecule has 0 aliphatic rings. The lowest BCUT2D eigenvalue weighted by Gasteiger charge is -2.32. The minimum absolute atomic E-state index is 0.554. The van der Waals surface area contributed by atoms with Crippen molar-refractivity contribution >= 4 is 0 Å². The molecule has 0 aliphatic carbocycles. The third-order valence-corrected chi connectivity index (χ3v) is 3.67. The van der Waals surface area contributed by atoms with Crippen molar-refractivity contribution in [2.45, 2.75) is 40.3 Å². The van der Waals surface area contributed by atoms with Gasteiger partial charge in [-0.25, -0.2) is 0 Å². The molecule has 1 atom stereocenters. The molecule has 2 nitrogen and oxygen atoms in total. The van der Waals surface area contributed by atoms with Crippen LogP contribution in [0.3, 0.4) is 0 Å². The van der Waals surface area contributed by atoms with E-state index in [0.29, 0.717) is 17.9 Å². The molecule has 0 radical (unpaired) electrons. The minimum atomic E-state index is 0.554. The summed E-state index contributed by atoms with van der Waals surface area (Å²) in [5, 5.41) is 0. The van der Waals surface area contributed by atoms with Crippen molar-refractivity contribution in [1.82, 2.24) is 4.90 Å². The summed E-state index contributed by atoms with van der Waals surface area (Å²) in [5.74, 6) is 1.23. The van der Waals surface area contributed by atoms with Gasteiger partial charge in [0.2, 0.25) is 0 Å². The summed E-state index contributed by atoms with van der Waals surface area (Å²) in [7, 11) is 0. The molecule has 0 amide bonds. The van der Waals surface area contributed by atoms with Gasteiger partial charge in [0.1, 0.15) is 0 Å². The molecule has 0 aliphatic heterocycles. The maximum Gasteiger partial charge on any atom is 0.0236 e. The van der Waals surface area contributed by atoms with Crippen LogP contribution in [-0.4, -0.2) is 24.0 Å². The van der Waals surface area contributed by atoms with Crippen molar-refractivity contribution in [1.29, 1.82) is 0 Å². The standard InChI is InChI=1S/C16H28N2/c1-13(2)16(10-17)12-18(14(3)4)11-15-8-6-5-7-9-15/h5-9,13-14,16H,10-12,17H2,1-4H3. The van der Waals surface area contributed by atoms with Gasteiger partial charge in [0.25, 0.3) is 0 Å². The summed E-state index contributed by atoms with van der Waals surface area (Å²) in [5.41, 5.74) is 7.27. The molecule has 2 N–H and O–H groups in total. The Morgan fingerprint density at radius 2 is 1.67 bits per heavy atom. The predicted octanol–water partition coefficient (Wildman–Crippen LogP) is 3.13. The lowest BCUT2D eigenvalue weighted by atomic mass is 9.94. The number of nitrogens with zero attached hydrogens (tertiary/aromatic N) is 1. The summed E-state index contributed by atoms with van der Waals surface area (Å²) in [6.45, 7) is 11.9. The van der Waals surface area contributed by atoms with Gasteiger partial charge in [0, 0.05) is 19.1 Å². The van der Waals surface area contributed by atoms with E-state index < -0.39 is 0 Å². The van der Waals surface area contributed by atoms with Crippen LogP contribution in [0.5, 0.6) is 0 Å². The highest BCUT2D eigenvalue weighted by molar-refractivity contribution is 5.14. The Labute approximate surface area is 112 Å². The Bertz CT molecular complexity index is 319. The third kappa shape index (κ3) is 4.79. The second-order valence-corrected chi connectivity index (χ2v) is 5.75. The van der Waals surface area contributed by atoms with E-state index in [9.17, 15) is 0 Å². The van der Waals surface area contributed by atoms with Crippen molar-refractivity contribution in [3.8, 4) is 0 Å². The van der Waals surface area contributed by atoms with Gasteiger partial charge in [-0.3, -0.25) is 4.90 Å². The van der Waals surface area contributed by atoms with Crippen LogP contribution in [0, 0.1) is 11.8 Å². The molecule has 1 aromatic rings. The zero-order valence-corrected chi connectivity index (χ0v) is 12.3. The third-order valence-electron chi connectivity index (χ3n) is 3.67. The maximum absolute atomic E-state index is 5.89. The Hall–Kier alpha value is -0.860. The molecule has 0 saturated carbocycles. The van der Waals surface area contributed by atoms with Crippen molar-refractivity contribution in [2.75, 3.05) is 13.1 Å². The number of rotatable bonds is 7. The smallest absolute Gasteiger partial charge is 0.0236 e. The van der Waals surface area contributed by atoms with E-state index in [1.807, 2.05) is 0 Å². The van der Waals surface area contributed by atoms with Gasteiger partial charge in [0.15, 0.2) is 0 Å². The van der Waals surface area contributed by atoms with Gasteiger partial charge in [-0.15, -0.1) is 0 Å². The maximum atomic E-state index is 5.89. The first-order valence-corrected chi connectivity index (χ1v) is 7.02. The van der Waals surface area contributed by atoms with E-state index in [0.717, 1.165) is 19.6 Å². The quantitative estimate of drug-likeness (QED) is 0.803. The predicted molar refractivity (Wildman–Crippen MR) is 79.4 cm³/mol. The Morgan fingerprint density at radius 3 is 2.11 bits per heavy atom. The second-order valence-electron chi connectivity index (χ2n) is 5.75. The van der Waals surface area contributed by atoms with Crippen LogP contribution in [0.15, 0.2) is 30.3 Å². The molecule has 0 bridgehead atoms. The fourth-order valence-corrected chi connectivity index (χ4v) is 2.13. The van der Waals surface area contributed by atoms with Crippen LogP contribution in [0.25, 0.3) is 0 Å². The largest absolute Gasteiger partial charge is 0.330 e. The molecule has 0 fully saturated rings. The van der Waals surface area contributed by atoms with E-state index in [1.54, 1.807) is 0 Å². The van der Waals surface area contributed by atoms with Crippen LogP contribution in [0.2, 0.25) is 0 Å². The molecule has 2 heteroatoms. The average Bonchev–Trinajstić information content (AvgIpc) is 2.34. The molecular formula is C16H28N2. The molecule has 1 aromatic carbocycles. The highest BCUT2D eigenvalue weighted by Crippen LogP contribution is 2.15. The summed E-state index contributed by atoms with van der Waals surface area (Å²) in [4.78, 5) is 2.52. The lowest BCUT2D eigenvalue weighted by molar-refractivity contribution is 0.160. The zero-order valence-electron chi connectivity index (χ0n) is 12.3. The Kier molecular flexibility index (Phi) is 6.37. The van der Waals surface area contributed by atoms with Gasteiger partial charge in [0.05, 0.1) is 0 Å². The molecule has 1 unspecified atom stereocenters. The van der Waals surface area contributed by atoms with Crippen LogP contribution in [0.4, 0.5) is 0 Å². The van der Waals surface area contributed by atoms with Gasteiger partial charge >= 0.3 is 0 Å². The number of hydrogen-bond donors (Lipinski definition) is 1. The van der Waals surface area contributed by atoms with Crippen molar-refractivity contribution in [3.63, 3.8) is 0 Å². The van der Waals surface area contributed by atoms with Gasteiger partial charge < -0.3 is 5.73 Å². The molecule has 0 saturated heterocycles. The van der Waals surface area contributed by atoms with E-state index in [2.05, 4.69) is 62.9 Å². The topological polar surface area (TPSA) is 29.3 Å². The monoisotopic (exact) mass is 248 g/mol. The average molecular weight is 248 g/mol. The van der Waals surface area contributed by atoms with Crippen molar-refractivity contribution < 1.29 is 0 Å². The fraction of sp³-hybridized carbons (Fsp3) is 0.625. The first-order valence-electron chi connectivity index (χ1n) is 7.02. The van der Waals surface area contributed by atoms with E-state index >= 15 is 0 Å². The molecular weight excluding hydrogens is 220 g/mol. The fourth-order valence-electron chi connectivity index (χ4n) is 2.13. The molecule has 0 aromatic heterocycles. The first-order chi connectivity index (χ1) is 8.54. The molecule has 0 heterocycles. The highest BCUT2D eigenvalue weighted by atomic mass is 15.1. The summed E-state index contributed by atoms with van der Waals surface area (Å²) >= 11 is 0. The summed E-state index contributed by atoms with van der Waals surface area (Å²) in [6.07, 6.45) is 0. The number of hydrogen-bond acceptors (Lipinski definition) is 2. The minimum Gasteiger partial charge on any atom is -0.330 e. The van der Waals surface area contributed by atoms with E-state index in [4.69, 9.17) is 5.73 Å². The summed E-state index contributed by atoms with van der Waals surface area (Å²) < 4.78 is 0. The second kappa shape index (κ2) is 7.55. The first kappa shape index (κ1) is 15.2. The van der Waals surface area contributed by atoms with Crippen molar-refractivity contribution in [3.05, 3.63) is 35.9 Å². The molecule has 18 heavy (non-hydrogen) atoms. The molecule has 0 spiro atoms. The number of benzene rings is 1. The van der Waals surface area contributed by atoms with E-state index in [1.165, 1.54) is 5.56 Å². The van der Waals surface area contributed by atoms with Gasteiger partial charge in [-0.2, -0.15) is 0 Å². The number of nitrogens with two attached hydrogens (primary N) is 1. The Morgan fingerprint density at radius 1 is 1.06 bits per heavy atom. The van der Waals surface area contributed by atoms with Gasteiger partial charge in [-0.1, -0.05) is 44.2 Å². The van der Waals surface area contributed by atoms with Crippen LogP contribution >= 0.6 is 0 Å². The normalized spacial score (nSPS) is 13.6. The van der Waals surface area contributed by atoms with Crippen molar-refractivity contribution in [2.24, 2.45) is 17.6 Å².